The summed E-state index contributed by atoms with van der Waals surface area (Å²) in [5.74, 6) is 0.443. The van der Waals surface area contributed by atoms with E-state index in [-0.39, 0.29) is 6.10 Å². The van der Waals surface area contributed by atoms with Crippen LogP contribution in [0.2, 0.25) is 0 Å². The minimum absolute atomic E-state index is 0.0937. The summed E-state index contributed by atoms with van der Waals surface area (Å²) in [4.78, 5) is 0. The van der Waals surface area contributed by atoms with Gasteiger partial charge in [-0.05, 0) is 50.7 Å². The molecule has 18 heavy (non-hydrogen) atoms. The summed E-state index contributed by atoms with van der Waals surface area (Å²) in [6.45, 7) is 7.43. The zero-order valence-corrected chi connectivity index (χ0v) is 11.7. The molecular weight excluding hydrogens is 222 g/mol. The highest BCUT2D eigenvalue weighted by Gasteiger charge is 2.25. The lowest BCUT2D eigenvalue weighted by molar-refractivity contribution is 0.130. The van der Waals surface area contributed by atoms with Crippen molar-refractivity contribution in [3.63, 3.8) is 0 Å². The van der Waals surface area contributed by atoms with Crippen molar-refractivity contribution in [3.8, 4) is 0 Å². The Hall–Kier alpha value is -0.860. The topological polar surface area (TPSA) is 32.3 Å². The van der Waals surface area contributed by atoms with E-state index < -0.39 is 0 Å². The van der Waals surface area contributed by atoms with Crippen LogP contribution in [0.15, 0.2) is 18.2 Å². The molecule has 100 valence electrons. The smallest absolute Gasteiger partial charge is 0.0580 e. The van der Waals surface area contributed by atoms with Crippen molar-refractivity contribution in [3.05, 3.63) is 34.9 Å². The molecule has 0 spiro atoms. The minimum Gasteiger partial charge on any atom is -0.393 e. The number of aliphatic hydroxyl groups is 1. The predicted octanol–water partition coefficient (Wildman–Crippen LogP) is 3.12. The molecule has 1 aliphatic rings. The molecule has 0 heterocycles. The molecule has 0 aliphatic heterocycles. The maximum atomic E-state index is 9.82. The number of hydrogen-bond donors (Lipinski definition) is 2. The van der Waals surface area contributed by atoms with Crippen molar-refractivity contribution in [2.75, 3.05) is 6.54 Å². The van der Waals surface area contributed by atoms with Crippen molar-refractivity contribution in [1.82, 2.24) is 5.32 Å². The van der Waals surface area contributed by atoms with Crippen molar-refractivity contribution in [1.29, 1.82) is 0 Å². The fourth-order valence-corrected chi connectivity index (χ4v) is 3.00. The van der Waals surface area contributed by atoms with Crippen LogP contribution in [0.5, 0.6) is 0 Å². The standard InChI is InChI=1S/C16H25NO/c1-11-7-8-15(12(2)9-11)13(3)17-10-14-5-4-6-16(14)18/h7-9,13-14,16-18H,4-6,10H2,1-3H3. The Kier molecular flexibility index (Phi) is 4.41. The van der Waals surface area contributed by atoms with Gasteiger partial charge in [0.2, 0.25) is 0 Å². The molecule has 0 amide bonds. The van der Waals surface area contributed by atoms with Crippen LogP contribution in [-0.4, -0.2) is 17.8 Å². The number of hydrogen-bond acceptors (Lipinski definition) is 2. The molecular formula is C16H25NO. The molecule has 1 saturated carbocycles. The zero-order valence-electron chi connectivity index (χ0n) is 11.7. The average molecular weight is 247 g/mol. The number of aliphatic hydroxyl groups excluding tert-OH is 1. The molecule has 1 aliphatic carbocycles. The maximum absolute atomic E-state index is 9.82. The van der Waals surface area contributed by atoms with Crippen molar-refractivity contribution in [2.24, 2.45) is 5.92 Å². The van der Waals surface area contributed by atoms with Crippen LogP contribution in [0.4, 0.5) is 0 Å². The first kappa shape index (κ1) is 13.6. The lowest BCUT2D eigenvalue weighted by Gasteiger charge is -2.21. The van der Waals surface area contributed by atoms with Gasteiger partial charge in [0.25, 0.3) is 0 Å². The van der Waals surface area contributed by atoms with Gasteiger partial charge in [-0.25, -0.2) is 0 Å². The van der Waals surface area contributed by atoms with E-state index >= 15 is 0 Å². The Balaban J connectivity index is 1.93. The van der Waals surface area contributed by atoms with Crippen LogP contribution in [0.25, 0.3) is 0 Å². The predicted molar refractivity (Wildman–Crippen MR) is 75.7 cm³/mol. The third-order valence-electron chi connectivity index (χ3n) is 4.20. The zero-order chi connectivity index (χ0) is 13.1. The Labute approximate surface area is 110 Å². The Morgan fingerprint density at radius 1 is 1.33 bits per heavy atom. The lowest BCUT2D eigenvalue weighted by Crippen LogP contribution is -2.30. The van der Waals surface area contributed by atoms with Gasteiger partial charge in [0.1, 0.15) is 0 Å². The van der Waals surface area contributed by atoms with Gasteiger partial charge < -0.3 is 10.4 Å². The molecule has 0 aromatic heterocycles. The van der Waals surface area contributed by atoms with Crippen LogP contribution in [-0.2, 0) is 0 Å². The van der Waals surface area contributed by atoms with E-state index in [0.717, 1.165) is 19.4 Å². The second-order valence-electron chi connectivity index (χ2n) is 5.75. The van der Waals surface area contributed by atoms with Crippen LogP contribution < -0.4 is 5.32 Å². The third-order valence-corrected chi connectivity index (χ3v) is 4.20. The highest BCUT2D eigenvalue weighted by Crippen LogP contribution is 2.26. The van der Waals surface area contributed by atoms with Crippen molar-refractivity contribution in [2.45, 2.75) is 52.2 Å². The van der Waals surface area contributed by atoms with E-state index in [4.69, 9.17) is 0 Å². The SMILES string of the molecule is Cc1ccc(C(C)NCC2CCCC2O)c(C)c1. The fraction of sp³-hybridized carbons (Fsp3) is 0.625. The van der Waals surface area contributed by atoms with E-state index in [1.165, 1.54) is 23.1 Å². The number of benzene rings is 1. The molecule has 2 heteroatoms. The lowest BCUT2D eigenvalue weighted by atomic mass is 9.99. The first-order valence-electron chi connectivity index (χ1n) is 7.06. The molecule has 1 aromatic carbocycles. The highest BCUT2D eigenvalue weighted by atomic mass is 16.3. The summed E-state index contributed by atoms with van der Waals surface area (Å²) in [5, 5.41) is 13.4. The highest BCUT2D eigenvalue weighted by molar-refractivity contribution is 5.32. The summed E-state index contributed by atoms with van der Waals surface area (Å²) < 4.78 is 0. The van der Waals surface area contributed by atoms with Crippen molar-refractivity contribution >= 4 is 0 Å². The summed E-state index contributed by atoms with van der Waals surface area (Å²) >= 11 is 0. The summed E-state index contributed by atoms with van der Waals surface area (Å²) in [6, 6.07) is 6.98. The van der Waals surface area contributed by atoms with E-state index in [9.17, 15) is 5.11 Å². The normalized spacial score (nSPS) is 25.3. The van der Waals surface area contributed by atoms with E-state index in [0.29, 0.717) is 12.0 Å². The molecule has 2 N–H and O–H groups in total. The van der Waals surface area contributed by atoms with Gasteiger partial charge in [-0.3, -0.25) is 0 Å². The summed E-state index contributed by atoms with van der Waals surface area (Å²) in [6.07, 6.45) is 3.22. The van der Waals surface area contributed by atoms with Crippen molar-refractivity contribution < 1.29 is 5.11 Å². The summed E-state index contributed by atoms with van der Waals surface area (Å²) in [7, 11) is 0. The number of aryl methyl sites for hydroxylation is 2. The van der Waals surface area contributed by atoms with E-state index in [1.807, 2.05) is 0 Å². The fourth-order valence-electron chi connectivity index (χ4n) is 3.00. The molecule has 3 atom stereocenters. The molecule has 1 aromatic rings. The Morgan fingerprint density at radius 3 is 2.72 bits per heavy atom. The Bertz CT molecular complexity index is 402. The molecule has 1 fully saturated rings. The molecule has 2 nitrogen and oxygen atoms in total. The van der Waals surface area contributed by atoms with E-state index in [1.54, 1.807) is 0 Å². The molecule has 2 rings (SSSR count). The molecule has 3 unspecified atom stereocenters. The summed E-state index contributed by atoms with van der Waals surface area (Å²) in [5.41, 5.74) is 4.03. The second-order valence-corrected chi connectivity index (χ2v) is 5.75. The quantitative estimate of drug-likeness (QED) is 0.857. The molecule has 0 radical (unpaired) electrons. The van der Waals surface area contributed by atoms with Gasteiger partial charge >= 0.3 is 0 Å². The first-order chi connectivity index (χ1) is 8.58. The van der Waals surface area contributed by atoms with E-state index in [2.05, 4.69) is 44.3 Å². The van der Waals surface area contributed by atoms with Gasteiger partial charge in [0, 0.05) is 12.6 Å². The molecule has 0 saturated heterocycles. The molecule has 0 bridgehead atoms. The third kappa shape index (κ3) is 3.12. The van der Waals surface area contributed by atoms with Gasteiger partial charge in [-0.15, -0.1) is 0 Å². The van der Waals surface area contributed by atoms with Gasteiger partial charge in [-0.2, -0.15) is 0 Å². The van der Waals surface area contributed by atoms with Crippen LogP contribution in [0.1, 0.15) is 48.9 Å². The monoisotopic (exact) mass is 247 g/mol. The largest absolute Gasteiger partial charge is 0.393 e. The number of rotatable bonds is 4. The second kappa shape index (κ2) is 5.85. The van der Waals surface area contributed by atoms with Gasteiger partial charge in [0.15, 0.2) is 0 Å². The van der Waals surface area contributed by atoms with Gasteiger partial charge in [0.05, 0.1) is 6.10 Å². The first-order valence-corrected chi connectivity index (χ1v) is 7.06. The van der Waals surface area contributed by atoms with Crippen LogP contribution in [0.3, 0.4) is 0 Å². The minimum atomic E-state index is -0.0937. The van der Waals surface area contributed by atoms with Gasteiger partial charge in [-0.1, -0.05) is 30.2 Å². The van der Waals surface area contributed by atoms with Crippen LogP contribution in [0, 0.1) is 19.8 Å². The average Bonchev–Trinajstić information content (AvgIpc) is 2.72. The maximum Gasteiger partial charge on any atom is 0.0580 e. The number of nitrogens with one attached hydrogen (secondary N) is 1. The Morgan fingerprint density at radius 2 is 2.11 bits per heavy atom. The van der Waals surface area contributed by atoms with Crippen LogP contribution >= 0.6 is 0 Å².